The van der Waals surface area contributed by atoms with Gasteiger partial charge in [-0.25, -0.2) is 8.78 Å². The molecule has 0 aromatic carbocycles. The quantitative estimate of drug-likeness (QED) is 0.269. The summed E-state index contributed by atoms with van der Waals surface area (Å²) in [4.78, 5) is 0. The molecule has 3 nitrogen and oxygen atoms in total. The third kappa shape index (κ3) is 3.21. The summed E-state index contributed by atoms with van der Waals surface area (Å²) in [6.07, 6.45) is -0.802. The Morgan fingerprint density at radius 3 is 2.40 bits per heavy atom. The van der Waals surface area contributed by atoms with Crippen molar-refractivity contribution >= 4 is 5.84 Å². The number of amidine groups is 1. The number of hydrogen-bond acceptors (Lipinski definition) is 2. The second-order valence-corrected chi connectivity index (χ2v) is 2.01. The molecule has 0 heterocycles. The molecule has 4 N–H and O–H groups in total. The first-order valence-electron chi connectivity index (χ1n) is 2.92. The molecule has 0 aromatic heterocycles. The topological polar surface area (TPSA) is 64.4 Å². The minimum atomic E-state index is -2.77. The Kier molecular flexibility index (Phi) is 3.05. The van der Waals surface area contributed by atoms with Crippen LogP contribution in [0.2, 0.25) is 0 Å². The Labute approximate surface area is 58.1 Å². The van der Waals surface area contributed by atoms with Gasteiger partial charge in [0.25, 0.3) is 5.92 Å². The van der Waals surface area contributed by atoms with E-state index in [1.807, 2.05) is 0 Å². The third-order valence-corrected chi connectivity index (χ3v) is 1.12. The predicted molar refractivity (Wildman–Crippen MR) is 35.7 cm³/mol. The van der Waals surface area contributed by atoms with E-state index in [4.69, 9.17) is 5.73 Å². The number of hydrogen-bond donors (Lipinski definition) is 2. The van der Waals surface area contributed by atoms with Crippen LogP contribution in [0.1, 0.15) is 19.8 Å². The third-order valence-electron chi connectivity index (χ3n) is 1.12. The minimum Gasteiger partial charge on any atom is -0.386 e. The Bertz CT molecular complexity index is 133. The molecule has 0 unspecified atom stereocenters. The van der Waals surface area contributed by atoms with E-state index in [2.05, 4.69) is 10.9 Å². The first-order valence-corrected chi connectivity index (χ1v) is 2.92. The highest BCUT2D eigenvalue weighted by atomic mass is 19.3. The fourth-order valence-corrected chi connectivity index (χ4v) is 0.436. The van der Waals surface area contributed by atoms with E-state index in [1.165, 1.54) is 6.92 Å². The lowest BCUT2D eigenvalue weighted by molar-refractivity contribution is 0.00487. The van der Waals surface area contributed by atoms with Gasteiger partial charge in [0.2, 0.25) is 0 Å². The van der Waals surface area contributed by atoms with Crippen molar-refractivity contribution in [2.24, 2.45) is 16.7 Å². The predicted octanol–water partition coefficient (Wildman–Crippen LogP) is 0.653. The second-order valence-electron chi connectivity index (χ2n) is 2.01. The van der Waals surface area contributed by atoms with E-state index in [1.54, 1.807) is 0 Å². The van der Waals surface area contributed by atoms with Gasteiger partial charge in [-0.1, -0.05) is 6.92 Å². The summed E-state index contributed by atoms with van der Waals surface area (Å²) in [7, 11) is 0. The lowest BCUT2D eigenvalue weighted by atomic mass is 10.2. The van der Waals surface area contributed by atoms with Crippen molar-refractivity contribution in [2.75, 3.05) is 0 Å². The zero-order chi connectivity index (χ0) is 8.20. The zero-order valence-corrected chi connectivity index (χ0v) is 5.77. The summed E-state index contributed by atoms with van der Waals surface area (Å²) in [5.41, 5.74) is 4.98. The van der Waals surface area contributed by atoms with Gasteiger partial charge in [-0.3, -0.25) is 0 Å². The summed E-state index contributed by atoms with van der Waals surface area (Å²) in [6, 6.07) is 0. The van der Waals surface area contributed by atoms with Crippen molar-refractivity contribution in [1.29, 1.82) is 0 Å². The Morgan fingerprint density at radius 2 is 2.10 bits per heavy atom. The fraction of sp³-hybridized carbons (Fsp3) is 0.800. The smallest absolute Gasteiger partial charge is 0.254 e. The van der Waals surface area contributed by atoms with E-state index in [-0.39, 0.29) is 12.3 Å². The van der Waals surface area contributed by atoms with E-state index in [0.29, 0.717) is 0 Å². The molecule has 0 aliphatic rings. The van der Waals surface area contributed by atoms with Crippen molar-refractivity contribution in [3.63, 3.8) is 0 Å². The summed E-state index contributed by atoms with van der Waals surface area (Å²) in [5.74, 6) is 1.68. The van der Waals surface area contributed by atoms with Gasteiger partial charge in [-0.2, -0.15) is 5.10 Å². The maximum atomic E-state index is 12.4. The standard InChI is InChI=1S/C5H11F2N3/c1-2-5(6,7)3-4(8)10-9/h2-3,9H2,1H3,(H2,8,10). The number of halogens is 2. The molecule has 0 aliphatic carbocycles. The number of nitrogens with zero attached hydrogens (tertiary/aromatic N) is 1. The highest BCUT2D eigenvalue weighted by Gasteiger charge is 2.27. The molecule has 0 rings (SSSR count). The van der Waals surface area contributed by atoms with E-state index in [9.17, 15) is 8.78 Å². The van der Waals surface area contributed by atoms with Crippen molar-refractivity contribution in [2.45, 2.75) is 25.7 Å². The van der Waals surface area contributed by atoms with Crippen molar-refractivity contribution in [3.05, 3.63) is 0 Å². The SMILES string of the molecule is CCC(F)(F)C/C(N)=N/N. The van der Waals surface area contributed by atoms with Crippen molar-refractivity contribution in [1.82, 2.24) is 0 Å². The van der Waals surface area contributed by atoms with Gasteiger partial charge >= 0.3 is 0 Å². The van der Waals surface area contributed by atoms with E-state index in [0.717, 1.165) is 0 Å². The lowest BCUT2D eigenvalue weighted by Gasteiger charge is -2.11. The molecule has 0 fully saturated rings. The van der Waals surface area contributed by atoms with Crippen LogP contribution < -0.4 is 11.6 Å². The van der Waals surface area contributed by atoms with Crippen LogP contribution in [0.15, 0.2) is 5.10 Å². The largest absolute Gasteiger partial charge is 0.386 e. The van der Waals surface area contributed by atoms with E-state index >= 15 is 0 Å². The Morgan fingerprint density at radius 1 is 1.60 bits per heavy atom. The van der Waals surface area contributed by atoms with Crippen molar-refractivity contribution in [3.8, 4) is 0 Å². The molecule has 0 aliphatic heterocycles. The van der Waals surface area contributed by atoms with Gasteiger partial charge < -0.3 is 11.6 Å². The molecule has 60 valence electrons. The van der Waals surface area contributed by atoms with Crippen LogP contribution in [-0.2, 0) is 0 Å². The van der Waals surface area contributed by atoms with Crippen LogP contribution >= 0.6 is 0 Å². The van der Waals surface area contributed by atoms with Gasteiger partial charge in [0.1, 0.15) is 5.84 Å². The normalized spacial score (nSPS) is 13.7. The molecule has 0 bridgehead atoms. The van der Waals surface area contributed by atoms with Gasteiger partial charge in [-0.05, 0) is 0 Å². The molecule has 0 amide bonds. The highest BCUT2D eigenvalue weighted by molar-refractivity contribution is 5.80. The first kappa shape index (κ1) is 9.13. The molecule has 10 heavy (non-hydrogen) atoms. The first-order chi connectivity index (χ1) is 4.52. The zero-order valence-electron chi connectivity index (χ0n) is 5.77. The lowest BCUT2D eigenvalue weighted by Crippen LogP contribution is -2.26. The maximum Gasteiger partial charge on any atom is 0.254 e. The van der Waals surface area contributed by atoms with Gasteiger partial charge in [-0.15, -0.1) is 0 Å². The van der Waals surface area contributed by atoms with Crippen LogP contribution in [0.3, 0.4) is 0 Å². The highest BCUT2D eigenvalue weighted by Crippen LogP contribution is 2.21. The molecule has 0 spiro atoms. The average Bonchev–Trinajstić information content (AvgIpc) is 1.87. The Hall–Kier alpha value is -0.870. The number of alkyl halides is 2. The molecular formula is C5H11F2N3. The summed E-state index contributed by atoms with van der Waals surface area (Å²) < 4.78 is 24.7. The second kappa shape index (κ2) is 3.34. The van der Waals surface area contributed by atoms with Crippen LogP contribution in [0.25, 0.3) is 0 Å². The van der Waals surface area contributed by atoms with E-state index < -0.39 is 12.3 Å². The average molecular weight is 151 g/mol. The van der Waals surface area contributed by atoms with Gasteiger partial charge in [0.15, 0.2) is 0 Å². The minimum absolute atomic E-state index is 0.216. The molecule has 0 saturated heterocycles. The van der Waals surface area contributed by atoms with Gasteiger partial charge in [0.05, 0.1) is 6.42 Å². The fourth-order valence-electron chi connectivity index (χ4n) is 0.436. The molecule has 0 aromatic rings. The van der Waals surface area contributed by atoms with Crippen LogP contribution in [0.5, 0.6) is 0 Å². The van der Waals surface area contributed by atoms with Crippen LogP contribution in [-0.4, -0.2) is 11.8 Å². The molecular weight excluding hydrogens is 140 g/mol. The maximum absolute atomic E-state index is 12.4. The molecule has 0 saturated carbocycles. The summed E-state index contributed by atoms with van der Waals surface area (Å²) in [6.45, 7) is 1.38. The molecule has 5 heteroatoms. The van der Waals surface area contributed by atoms with Crippen molar-refractivity contribution < 1.29 is 8.78 Å². The summed E-state index contributed by atoms with van der Waals surface area (Å²) in [5, 5.41) is 2.94. The van der Waals surface area contributed by atoms with Crippen LogP contribution in [0, 0.1) is 0 Å². The number of nitrogens with two attached hydrogens (primary N) is 2. The molecule has 0 radical (unpaired) electrons. The molecule has 0 atom stereocenters. The summed E-state index contributed by atoms with van der Waals surface area (Å²) >= 11 is 0. The Balaban J connectivity index is 3.88. The number of rotatable bonds is 3. The number of hydrazone groups is 1. The monoisotopic (exact) mass is 151 g/mol. The van der Waals surface area contributed by atoms with Gasteiger partial charge in [0, 0.05) is 6.42 Å². The van der Waals surface area contributed by atoms with Crippen LogP contribution in [0.4, 0.5) is 8.78 Å².